The van der Waals surface area contributed by atoms with Crippen LogP contribution in [0.25, 0.3) is 21.8 Å². The molecule has 3 aromatic heterocycles. The lowest BCUT2D eigenvalue weighted by Gasteiger charge is -2.11. The summed E-state index contributed by atoms with van der Waals surface area (Å²) in [6.45, 7) is 3.58. The molecule has 14 heteroatoms. The monoisotopic (exact) mass is 840 g/mol. The molecule has 0 fully saturated rings. The lowest BCUT2D eigenvalue weighted by molar-refractivity contribution is -0.832. The molecule has 3 heterocycles. The maximum atomic E-state index is 12.9. The molecule has 0 aliphatic heterocycles. The Kier molecular flexibility index (Phi) is 13.0. The highest BCUT2D eigenvalue weighted by molar-refractivity contribution is 7.91. The number of hydrogen-bond donors (Lipinski definition) is 0. The van der Waals surface area contributed by atoms with E-state index in [0.717, 1.165) is 42.2 Å². The Morgan fingerprint density at radius 3 is 2.23 bits per heavy atom. The van der Waals surface area contributed by atoms with Crippen LogP contribution >= 0.6 is 0 Å². The number of hydrogen-bond acceptors (Lipinski definition) is 9. The first-order valence-electron chi connectivity index (χ1n) is 18.1. The number of esters is 1. The van der Waals surface area contributed by atoms with Gasteiger partial charge in [-0.15, -0.1) is 0 Å². The third kappa shape index (κ3) is 9.03. The van der Waals surface area contributed by atoms with Crippen molar-refractivity contribution >= 4 is 37.6 Å². The Hall–Kier alpha value is -5.73. The molecule has 0 bridgehead atoms. The highest BCUT2D eigenvalue weighted by Gasteiger charge is 2.35. The van der Waals surface area contributed by atoms with Crippen molar-refractivity contribution in [3.8, 4) is 11.6 Å². The SMILES string of the molecule is Cc1c2c(cc[n+]1Cc1ccccc1)c1ccc(OCC(=O)OCCCCOc3no[n+]([O-])c3S(=O)(=O)c3ccccc3)cc1n2CCCc1ccccc1.[Br-]. The second kappa shape index (κ2) is 18.3. The molecule has 7 rings (SSSR count). The summed E-state index contributed by atoms with van der Waals surface area (Å²) < 4.78 is 51.8. The number of pyridine rings is 1. The Balaban J connectivity index is 0.00000532. The molecule has 56 heavy (non-hydrogen) atoms. The van der Waals surface area contributed by atoms with Gasteiger partial charge in [0, 0.05) is 41.9 Å². The minimum Gasteiger partial charge on any atom is -1.00 e. The van der Waals surface area contributed by atoms with Gasteiger partial charge in [-0.25, -0.2) is 13.2 Å². The van der Waals surface area contributed by atoms with Crippen molar-refractivity contribution in [3.63, 3.8) is 0 Å². The zero-order chi connectivity index (χ0) is 38.2. The molecule has 0 radical (unpaired) electrons. The normalized spacial score (nSPS) is 11.4. The van der Waals surface area contributed by atoms with Crippen molar-refractivity contribution in [1.29, 1.82) is 0 Å². The average molecular weight is 842 g/mol. The predicted molar refractivity (Wildman–Crippen MR) is 203 cm³/mol. The fourth-order valence-corrected chi connectivity index (χ4v) is 7.96. The number of carbonyl (C=O) groups excluding carboxylic acids is 1. The Labute approximate surface area is 335 Å². The maximum absolute atomic E-state index is 12.9. The molecule has 0 atom stereocenters. The molecule has 0 aliphatic carbocycles. The van der Waals surface area contributed by atoms with Gasteiger partial charge in [0.25, 0.3) is 9.84 Å². The van der Waals surface area contributed by atoms with Crippen molar-refractivity contribution in [2.24, 2.45) is 0 Å². The topological polar surface area (TPSA) is 141 Å². The van der Waals surface area contributed by atoms with Crippen LogP contribution in [0.1, 0.15) is 36.1 Å². The molecule has 4 aromatic carbocycles. The van der Waals surface area contributed by atoms with Gasteiger partial charge in [0.2, 0.25) is 5.69 Å². The van der Waals surface area contributed by atoms with E-state index in [1.54, 1.807) is 6.07 Å². The third-order valence-electron chi connectivity index (χ3n) is 9.41. The molecule has 0 spiro atoms. The summed E-state index contributed by atoms with van der Waals surface area (Å²) in [4.78, 5) is 12.3. The number of nitrogens with zero attached hydrogens (tertiary/aromatic N) is 4. The van der Waals surface area contributed by atoms with Crippen LogP contribution < -0.4 is 35.9 Å². The minimum atomic E-state index is -4.21. The summed E-state index contributed by atoms with van der Waals surface area (Å²) in [5.74, 6) is -0.399. The summed E-state index contributed by atoms with van der Waals surface area (Å²) in [5, 5.41) is 17.1. The smallest absolute Gasteiger partial charge is 0.414 e. The number of unbranched alkanes of at least 4 members (excludes halogenated alkanes) is 1. The highest BCUT2D eigenvalue weighted by Crippen LogP contribution is 2.33. The average Bonchev–Trinajstić information content (AvgIpc) is 3.74. The van der Waals surface area contributed by atoms with Gasteiger partial charge in [-0.05, 0) is 60.4 Å². The van der Waals surface area contributed by atoms with E-state index in [-0.39, 0.29) is 46.6 Å². The van der Waals surface area contributed by atoms with Gasteiger partial charge >= 0.3 is 16.9 Å². The lowest BCUT2D eigenvalue weighted by Crippen LogP contribution is -3.00. The van der Waals surface area contributed by atoms with E-state index in [1.165, 1.54) is 46.6 Å². The van der Waals surface area contributed by atoms with Crippen LogP contribution in [0, 0.1) is 12.1 Å². The Morgan fingerprint density at radius 2 is 1.50 bits per heavy atom. The molecule has 7 aromatic rings. The summed E-state index contributed by atoms with van der Waals surface area (Å²) >= 11 is 0. The molecule has 12 nitrogen and oxygen atoms in total. The van der Waals surface area contributed by atoms with E-state index in [0.29, 0.717) is 18.6 Å². The van der Waals surface area contributed by atoms with Crippen molar-refractivity contribution in [1.82, 2.24) is 9.72 Å². The minimum absolute atomic E-state index is 0. The van der Waals surface area contributed by atoms with Crippen LogP contribution in [-0.4, -0.2) is 43.9 Å². The molecule has 0 N–H and O–H groups in total. The van der Waals surface area contributed by atoms with Gasteiger partial charge < -0.3 is 41.0 Å². The number of rotatable bonds is 17. The number of sulfone groups is 1. The van der Waals surface area contributed by atoms with Gasteiger partial charge in [-0.1, -0.05) is 78.9 Å². The van der Waals surface area contributed by atoms with Crippen LogP contribution in [0.4, 0.5) is 0 Å². The molecule has 0 amide bonds. The quantitative estimate of drug-likeness (QED) is 0.0585. The first kappa shape index (κ1) is 39.9. The molecular formula is C42H41BrN4O8S. The third-order valence-corrected chi connectivity index (χ3v) is 11.1. The van der Waals surface area contributed by atoms with E-state index in [2.05, 4.69) is 86.6 Å². The van der Waals surface area contributed by atoms with Gasteiger partial charge in [0.1, 0.15) is 11.3 Å². The highest BCUT2D eigenvalue weighted by atomic mass is 79.9. The van der Waals surface area contributed by atoms with Crippen LogP contribution in [0.2, 0.25) is 0 Å². The molecule has 0 aliphatic rings. The number of fused-ring (bicyclic) bond motifs is 3. The fraction of sp³-hybridized carbons (Fsp3) is 0.238. The molecule has 0 unspecified atom stereocenters. The van der Waals surface area contributed by atoms with Crippen molar-refractivity contribution in [2.45, 2.75) is 55.6 Å². The van der Waals surface area contributed by atoms with E-state index < -0.39 is 26.7 Å². The van der Waals surface area contributed by atoms with Crippen LogP contribution in [0.3, 0.4) is 0 Å². The second-order valence-electron chi connectivity index (χ2n) is 13.1. The fourth-order valence-electron chi connectivity index (χ4n) is 6.67. The standard InChI is InChI=1S/C42H41N4O8S.BrH/c1-31-40-37(23-25-44(31)29-33-16-7-3-8-17-33)36-22-21-34(28-38(36)45(40)24-13-18-32-14-5-2-6-15-32)53-30-39(47)51-26-11-12-27-52-41-42(46(48)54-43-41)55(49,50)35-19-9-4-10-20-35;/h2-10,14-17,19-23,25,28H,11-13,18,24,26-27,29-30H2,1H3;1H/q+1;/p-1. The van der Waals surface area contributed by atoms with E-state index >= 15 is 0 Å². The first-order chi connectivity index (χ1) is 26.8. The van der Waals surface area contributed by atoms with Gasteiger partial charge in [-0.2, -0.15) is 4.57 Å². The van der Waals surface area contributed by atoms with Crippen LogP contribution in [0.5, 0.6) is 11.6 Å². The van der Waals surface area contributed by atoms with Crippen LogP contribution in [-0.2, 0) is 38.9 Å². The van der Waals surface area contributed by atoms with Crippen molar-refractivity contribution in [2.75, 3.05) is 19.8 Å². The first-order valence-corrected chi connectivity index (χ1v) is 19.6. The lowest BCUT2D eigenvalue weighted by atomic mass is 10.1. The van der Waals surface area contributed by atoms with Gasteiger partial charge in [0.15, 0.2) is 19.3 Å². The number of aromatic nitrogens is 4. The van der Waals surface area contributed by atoms with E-state index in [4.69, 9.17) is 14.2 Å². The second-order valence-corrected chi connectivity index (χ2v) is 15.0. The number of halogens is 1. The van der Waals surface area contributed by atoms with Gasteiger partial charge in [-0.3, -0.25) is 4.63 Å². The number of benzene rings is 4. The molecule has 0 saturated heterocycles. The number of ether oxygens (including phenoxy) is 3. The van der Waals surface area contributed by atoms with E-state index in [1.807, 2.05) is 30.3 Å². The molecule has 290 valence electrons. The number of carbonyl (C=O) groups is 1. The van der Waals surface area contributed by atoms with E-state index in [9.17, 15) is 18.4 Å². The molecule has 0 saturated carbocycles. The zero-order valence-corrected chi connectivity index (χ0v) is 33.2. The largest absolute Gasteiger partial charge is 1.00 e. The summed E-state index contributed by atoms with van der Waals surface area (Å²) in [7, 11) is -4.21. The summed E-state index contributed by atoms with van der Waals surface area (Å²) in [6.07, 6.45) is 4.85. The molecular weight excluding hydrogens is 800 g/mol. The summed E-state index contributed by atoms with van der Waals surface area (Å²) in [5.41, 5.74) is 5.90. The predicted octanol–water partition coefficient (Wildman–Crippen LogP) is 3.31. The zero-order valence-electron chi connectivity index (χ0n) is 30.8. The number of aryl methyl sites for hydroxylation is 3. The van der Waals surface area contributed by atoms with Crippen molar-refractivity contribution in [3.05, 3.63) is 143 Å². The summed E-state index contributed by atoms with van der Waals surface area (Å²) in [6, 6.07) is 36.5. The van der Waals surface area contributed by atoms with Gasteiger partial charge in [0.05, 0.1) is 28.8 Å². The Bertz CT molecular complexity index is 2510. The maximum Gasteiger partial charge on any atom is 0.414 e. The van der Waals surface area contributed by atoms with Crippen LogP contribution in [0.15, 0.2) is 136 Å². The Morgan fingerprint density at radius 1 is 0.821 bits per heavy atom. The van der Waals surface area contributed by atoms with Crippen molar-refractivity contribution < 1.29 is 58.5 Å².